The number of aromatic nitrogens is 1. The molecule has 11 heteroatoms. The number of piperazine rings is 1. The fourth-order valence-electron chi connectivity index (χ4n) is 5.16. The molecule has 0 saturated carbocycles. The average molecular weight is 543 g/mol. The average Bonchev–Trinajstić information content (AvgIpc) is 2.80. The summed E-state index contributed by atoms with van der Waals surface area (Å²) in [5.74, 6) is 0.954. The van der Waals surface area contributed by atoms with Crippen molar-refractivity contribution in [2.24, 2.45) is 0 Å². The molecule has 2 aliphatic heterocycles. The summed E-state index contributed by atoms with van der Waals surface area (Å²) in [5, 5.41) is 11.2. The summed E-state index contributed by atoms with van der Waals surface area (Å²) in [6, 6.07) is 7.87. The molecule has 0 spiro atoms. The molecular formula is C24H33Cl2N5O3S. The first kappa shape index (κ1) is 26.3. The number of aromatic hydroxyl groups is 1. The van der Waals surface area contributed by atoms with E-state index in [2.05, 4.69) is 31.3 Å². The Morgan fingerprint density at radius 1 is 1.14 bits per heavy atom. The topological polar surface area (TPSA) is 89.0 Å². The lowest BCUT2D eigenvalue weighted by Crippen LogP contribution is -2.58. The first-order valence-electron chi connectivity index (χ1n) is 12.0. The Balaban J connectivity index is 1.34. The van der Waals surface area contributed by atoms with Gasteiger partial charge in [-0.25, -0.2) is 13.4 Å². The lowest BCUT2D eigenvalue weighted by molar-refractivity contribution is 0.0608. The van der Waals surface area contributed by atoms with Crippen molar-refractivity contribution in [2.45, 2.75) is 44.8 Å². The van der Waals surface area contributed by atoms with Crippen LogP contribution in [0.25, 0.3) is 0 Å². The van der Waals surface area contributed by atoms with Gasteiger partial charge in [-0.2, -0.15) is 0 Å². The number of phenolic OH excluding ortho intramolecular Hbond substituents is 1. The van der Waals surface area contributed by atoms with Gasteiger partial charge in [-0.05, 0) is 50.6 Å². The third-order valence-corrected chi connectivity index (χ3v) is 8.01. The van der Waals surface area contributed by atoms with Gasteiger partial charge in [-0.3, -0.25) is 14.5 Å². The predicted octanol–water partition coefficient (Wildman–Crippen LogP) is 4.03. The van der Waals surface area contributed by atoms with Crippen molar-refractivity contribution < 1.29 is 13.5 Å². The minimum Gasteiger partial charge on any atom is -0.508 e. The van der Waals surface area contributed by atoms with Crippen molar-refractivity contribution >= 4 is 44.7 Å². The number of rotatable bonds is 7. The number of pyridine rings is 1. The maximum absolute atomic E-state index is 11.5. The van der Waals surface area contributed by atoms with Crippen LogP contribution in [0.2, 0.25) is 10.0 Å². The van der Waals surface area contributed by atoms with Crippen molar-refractivity contribution in [1.29, 1.82) is 0 Å². The van der Waals surface area contributed by atoms with Gasteiger partial charge in [0.1, 0.15) is 11.6 Å². The molecule has 2 aliphatic rings. The number of benzene rings is 1. The number of nitrogens with one attached hydrogen (secondary N) is 1. The molecule has 0 unspecified atom stereocenters. The van der Waals surface area contributed by atoms with Crippen molar-refractivity contribution in [3.05, 3.63) is 46.1 Å². The molecule has 1 aromatic heterocycles. The van der Waals surface area contributed by atoms with Crippen LogP contribution in [0, 0.1) is 0 Å². The summed E-state index contributed by atoms with van der Waals surface area (Å²) in [6.45, 7) is 7.52. The van der Waals surface area contributed by atoms with Crippen LogP contribution in [0.15, 0.2) is 30.5 Å². The molecular weight excluding hydrogens is 509 g/mol. The molecule has 2 saturated heterocycles. The van der Waals surface area contributed by atoms with Crippen molar-refractivity contribution in [2.75, 3.05) is 48.6 Å². The largest absolute Gasteiger partial charge is 0.508 e. The molecule has 0 bridgehead atoms. The number of hydrogen-bond donors (Lipinski definition) is 2. The number of piperidine rings is 1. The van der Waals surface area contributed by atoms with Gasteiger partial charge in [0.25, 0.3) is 0 Å². The number of likely N-dealkylation sites (tertiary alicyclic amines) is 1. The van der Waals surface area contributed by atoms with Gasteiger partial charge in [-0.1, -0.05) is 36.2 Å². The summed E-state index contributed by atoms with van der Waals surface area (Å²) in [5.41, 5.74) is 1.28. The van der Waals surface area contributed by atoms with Crippen molar-refractivity contribution in [1.82, 2.24) is 14.8 Å². The number of phenols is 1. The summed E-state index contributed by atoms with van der Waals surface area (Å²) in [7, 11) is -3.38. The first-order valence-corrected chi connectivity index (χ1v) is 14.6. The molecule has 0 amide bonds. The Morgan fingerprint density at radius 3 is 2.51 bits per heavy atom. The Kier molecular flexibility index (Phi) is 8.33. The fourth-order valence-corrected chi connectivity index (χ4v) is 6.15. The van der Waals surface area contributed by atoms with Gasteiger partial charge >= 0.3 is 0 Å². The van der Waals surface area contributed by atoms with Crippen LogP contribution in [-0.4, -0.2) is 79.4 Å². The fraction of sp³-hybridized carbons (Fsp3) is 0.542. The molecule has 2 aromatic rings. The molecule has 0 radical (unpaired) electrons. The molecule has 35 heavy (non-hydrogen) atoms. The van der Waals surface area contributed by atoms with Crippen LogP contribution < -0.4 is 9.62 Å². The third-order valence-electron chi connectivity index (χ3n) is 6.89. The van der Waals surface area contributed by atoms with Crippen molar-refractivity contribution in [3.63, 3.8) is 0 Å². The lowest BCUT2D eigenvalue weighted by Gasteiger charge is -2.47. The number of halogens is 2. The van der Waals surface area contributed by atoms with Gasteiger partial charge in [0, 0.05) is 48.8 Å². The minimum atomic E-state index is -3.38. The normalized spacial score (nSPS) is 20.8. The van der Waals surface area contributed by atoms with Gasteiger partial charge in [0.15, 0.2) is 0 Å². The smallest absolute Gasteiger partial charge is 0.229 e. The third kappa shape index (κ3) is 6.71. The van der Waals surface area contributed by atoms with E-state index in [0.717, 1.165) is 70.4 Å². The molecule has 4 rings (SSSR count). The van der Waals surface area contributed by atoms with E-state index in [-0.39, 0.29) is 5.75 Å². The van der Waals surface area contributed by atoms with E-state index in [1.807, 2.05) is 12.1 Å². The van der Waals surface area contributed by atoms with E-state index < -0.39 is 10.0 Å². The zero-order chi connectivity index (χ0) is 25.2. The van der Waals surface area contributed by atoms with E-state index >= 15 is 0 Å². The van der Waals surface area contributed by atoms with Gasteiger partial charge in [0.2, 0.25) is 10.0 Å². The predicted molar refractivity (Wildman–Crippen MR) is 142 cm³/mol. The van der Waals surface area contributed by atoms with E-state index in [9.17, 15) is 13.5 Å². The number of hydrogen-bond acceptors (Lipinski definition) is 7. The SMILES string of the molecule is CC[C@H]1CN(c2ncc(NS(C)(=O)=O)cc2Cl)CCN1C1CCN(Cc2ccc(Cl)cc2O)CC1. The second kappa shape index (κ2) is 11.1. The molecule has 2 N–H and O–H groups in total. The van der Waals surface area contributed by atoms with E-state index in [4.69, 9.17) is 23.2 Å². The number of sulfonamides is 1. The Hall–Kier alpha value is -1.78. The van der Waals surface area contributed by atoms with Crippen LogP contribution in [0.1, 0.15) is 31.7 Å². The van der Waals surface area contributed by atoms with Crippen LogP contribution in [0.5, 0.6) is 5.75 Å². The molecule has 1 aromatic carbocycles. The van der Waals surface area contributed by atoms with Crippen LogP contribution in [0.4, 0.5) is 11.5 Å². The standard InChI is InChI=1S/C24H33Cl2N5O3S/c1-3-20-16-30(24-22(26)13-19(14-27-24)28-35(2,33)34)10-11-31(20)21-6-8-29(9-7-21)15-17-4-5-18(25)12-23(17)32/h4-5,12-14,20-21,28,32H,3,6-11,15-16H2,1-2H3/t20-/m0/s1. The highest BCUT2D eigenvalue weighted by molar-refractivity contribution is 7.92. The Labute approximate surface area is 217 Å². The maximum atomic E-state index is 11.5. The highest BCUT2D eigenvalue weighted by atomic mass is 35.5. The number of nitrogens with zero attached hydrogens (tertiary/aromatic N) is 4. The second-order valence-electron chi connectivity index (χ2n) is 9.43. The summed E-state index contributed by atoms with van der Waals surface area (Å²) >= 11 is 12.4. The zero-order valence-corrected chi connectivity index (χ0v) is 22.5. The van der Waals surface area contributed by atoms with Gasteiger partial charge in [0.05, 0.1) is 23.2 Å². The minimum absolute atomic E-state index is 0.259. The quantitative estimate of drug-likeness (QED) is 0.546. The zero-order valence-electron chi connectivity index (χ0n) is 20.1. The van der Waals surface area contributed by atoms with Crippen molar-refractivity contribution in [3.8, 4) is 5.75 Å². The molecule has 0 aliphatic carbocycles. The lowest BCUT2D eigenvalue weighted by atomic mass is 9.97. The van der Waals surface area contributed by atoms with Gasteiger partial charge < -0.3 is 10.0 Å². The second-order valence-corrected chi connectivity index (χ2v) is 12.0. The molecule has 2 fully saturated rings. The highest BCUT2D eigenvalue weighted by Gasteiger charge is 2.34. The monoisotopic (exact) mass is 541 g/mol. The Morgan fingerprint density at radius 2 is 1.89 bits per heavy atom. The molecule has 1 atom stereocenters. The van der Waals surface area contributed by atoms with Gasteiger partial charge in [-0.15, -0.1) is 0 Å². The van der Waals surface area contributed by atoms with E-state index in [1.165, 1.54) is 6.20 Å². The van der Waals surface area contributed by atoms with E-state index in [0.29, 0.717) is 33.6 Å². The molecule has 8 nitrogen and oxygen atoms in total. The Bertz CT molecular complexity index is 1140. The van der Waals surface area contributed by atoms with Crippen LogP contribution in [-0.2, 0) is 16.6 Å². The molecule has 192 valence electrons. The summed E-state index contributed by atoms with van der Waals surface area (Å²) in [4.78, 5) is 11.7. The summed E-state index contributed by atoms with van der Waals surface area (Å²) < 4.78 is 25.4. The van der Waals surface area contributed by atoms with Crippen LogP contribution >= 0.6 is 23.2 Å². The first-order chi connectivity index (χ1) is 16.6. The molecule has 3 heterocycles. The van der Waals surface area contributed by atoms with Crippen LogP contribution in [0.3, 0.4) is 0 Å². The number of anilines is 2. The summed E-state index contributed by atoms with van der Waals surface area (Å²) in [6.07, 6.45) is 5.84. The maximum Gasteiger partial charge on any atom is 0.229 e. The van der Waals surface area contributed by atoms with E-state index in [1.54, 1.807) is 12.1 Å². The highest BCUT2D eigenvalue weighted by Crippen LogP contribution is 2.31.